The predicted molar refractivity (Wildman–Crippen MR) is 95.8 cm³/mol. The number of anilines is 1. The predicted octanol–water partition coefficient (Wildman–Crippen LogP) is 4.23. The van der Waals surface area contributed by atoms with Gasteiger partial charge in [-0.2, -0.15) is 0 Å². The highest BCUT2D eigenvalue weighted by Gasteiger charge is 2.15. The van der Waals surface area contributed by atoms with E-state index in [9.17, 15) is 9.59 Å². The van der Waals surface area contributed by atoms with Gasteiger partial charge >= 0.3 is 0 Å². The van der Waals surface area contributed by atoms with Gasteiger partial charge in [-0.15, -0.1) is 0 Å². The maximum Gasteiger partial charge on any atom is 0.255 e. The number of carbonyl (C=O) groups is 2. The third kappa shape index (κ3) is 5.21. The van der Waals surface area contributed by atoms with Gasteiger partial charge in [-0.3, -0.25) is 9.59 Å². The number of halogens is 1. The van der Waals surface area contributed by atoms with Crippen molar-refractivity contribution in [1.29, 1.82) is 0 Å². The molecule has 0 saturated heterocycles. The normalized spacial score (nSPS) is 11.0. The number of hydrogen-bond donors (Lipinski definition) is 2. The number of carbonyl (C=O) groups excluding carboxylic acids is 2. The second-order valence-corrected chi connectivity index (χ2v) is 7.17. The maximum atomic E-state index is 12.2. The van der Waals surface area contributed by atoms with Crippen LogP contribution < -0.4 is 10.6 Å². The lowest BCUT2D eigenvalue weighted by Gasteiger charge is -2.20. The molecule has 120 valence electrons. The van der Waals surface area contributed by atoms with Crippen molar-refractivity contribution in [3.05, 3.63) is 64.1 Å². The van der Waals surface area contributed by atoms with E-state index in [1.807, 2.05) is 26.8 Å². The molecule has 2 aromatic rings. The highest BCUT2D eigenvalue weighted by atomic mass is 79.9. The van der Waals surface area contributed by atoms with Crippen LogP contribution in [0.2, 0.25) is 0 Å². The summed E-state index contributed by atoms with van der Waals surface area (Å²) in [5.74, 6) is -0.393. The molecule has 4 nitrogen and oxygen atoms in total. The Balaban J connectivity index is 2.14. The molecule has 23 heavy (non-hydrogen) atoms. The summed E-state index contributed by atoms with van der Waals surface area (Å²) in [6.07, 6.45) is 0. The maximum absolute atomic E-state index is 12.2. The molecule has 0 atom stereocenters. The highest BCUT2D eigenvalue weighted by molar-refractivity contribution is 9.10. The van der Waals surface area contributed by atoms with Crippen molar-refractivity contribution in [1.82, 2.24) is 5.32 Å². The fourth-order valence-corrected chi connectivity index (χ4v) is 2.38. The molecule has 0 unspecified atom stereocenters. The Morgan fingerprint density at radius 3 is 2.13 bits per heavy atom. The summed E-state index contributed by atoms with van der Waals surface area (Å²) in [5.41, 5.74) is 1.32. The van der Waals surface area contributed by atoms with Gasteiger partial charge in [-0.25, -0.2) is 0 Å². The van der Waals surface area contributed by atoms with E-state index in [4.69, 9.17) is 0 Å². The molecule has 0 fully saturated rings. The zero-order valence-corrected chi connectivity index (χ0v) is 14.9. The summed E-state index contributed by atoms with van der Waals surface area (Å²) in [6, 6.07) is 14.0. The van der Waals surface area contributed by atoms with E-state index in [0.717, 1.165) is 4.47 Å². The first-order valence-electron chi connectivity index (χ1n) is 7.24. The van der Waals surface area contributed by atoms with Gasteiger partial charge in [0.2, 0.25) is 0 Å². The zero-order chi connectivity index (χ0) is 17.0. The third-order valence-electron chi connectivity index (χ3n) is 2.96. The van der Waals surface area contributed by atoms with E-state index in [1.165, 1.54) is 0 Å². The fraction of sp³-hybridized carbons (Fsp3) is 0.222. The highest BCUT2D eigenvalue weighted by Crippen LogP contribution is 2.16. The van der Waals surface area contributed by atoms with Crippen LogP contribution in [0.15, 0.2) is 53.0 Å². The van der Waals surface area contributed by atoms with Crippen molar-refractivity contribution in [2.75, 3.05) is 5.32 Å². The van der Waals surface area contributed by atoms with Crippen LogP contribution >= 0.6 is 15.9 Å². The van der Waals surface area contributed by atoms with Crippen LogP contribution in [0.5, 0.6) is 0 Å². The first-order chi connectivity index (χ1) is 10.7. The molecule has 0 aromatic heterocycles. The minimum Gasteiger partial charge on any atom is -0.347 e. The Morgan fingerprint density at radius 1 is 0.913 bits per heavy atom. The number of rotatable bonds is 3. The van der Waals surface area contributed by atoms with E-state index in [-0.39, 0.29) is 17.4 Å². The molecule has 0 heterocycles. The summed E-state index contributed by atoms with van der Waals surface area (Å²) < 4.78 is 0.837. The molecular weight excluding hydrogens is 356 g/mol. The molecule has 2 amide bonds. The second kappa shape index (κ2) is 6.96. The van der Waals surface area contributed by atoms with Crippen molar-refractivity contribution in [3.63, 3.8) is 0 Å². The monoisotopic (exact) mass is 374 g/mol. The van der Waals surface area contributed by atoms with Gasteiger partial charge in [0, 0.05) is 26.8 Å². The van der Waals surface area contributed by atoms with Crippen molar-refractivity contribution < 1.29 is 9.59 Å². The standard InChI is InChI=1S/C18H19BrN2O2/c1-18(2,3)21-17(23)13-7-5-9-15(11-13)20-16(22)12-6-4-8-14(19)10-12/h4-11H,1-3H3,(H,20,22)(H,21,23). The molecule has 0 aliphatic carbocycles. The summed E-state index contributed by atoms with van der Waals surface area (Å²) in [4.78, 5) is 24.4. The van der Waals surface area contributed by atoms with Gasteiger partial charge in [-0.1, -0.05) is 28.1 Å². The van der Waals surface area contributed by atoms with Crippen molar-refractivity contribution >= 4 is 33.4 Å². The average molecular weight is 375 g/mol. The summed E-state index contributed by atoms with van der Waals surface area (Å²) in [6.45, 7) is 5.76. The quantitative estimate of drug-likeness (QED) is 0.844. The van der Waals surface area contributed by atoms with Gasteiger partial charge in [0.15, 0.2) is 0 Å². The first kappa shape index (κ1) is 17.2. The number of amides is 2. The van der Waals surface area contributed by atoms with Gasteiger partial charge in [-0.05, 0) is 57.2 Å². The van der Waals surface area contributed by atoms with E-state index in [0.29, 0.717) is 16.8 Å². The van der Waals surface area contributed by atoms with Gasteiger partial charge in [0.05, 0.1) is 0 Å². The summed E-state index contributed by atoms with van der Waals surface area (Å²) in [7, 11) is 0. The zero-order valence-electron chi connectivity index (χ0n) is 13.3. The van der Waals surface area contributed by atoms with Crippen LogP contribution in [0.4, 0.5) is 5.69 Å². The molecule has 2 aromatic carbocycles. The third-order valence-corrected chi connectivity index (χ3v) is 3.45. The smallest absolute Gasteiger partial charge is 0.255 e. The molecule has 0 spiro atoms. The number of benzene rings is 2. The molecule has 5 heteroatoms. The van der Waals surface area contributed by atoms with Gasteiger partial charge in [0.1, 0.15) is 0 Å². The topological polar surface area (TPSA) is 58.2 Å². The Hall–Kier alpha value is -2.14. The largest absolute Gasteiger partial charge is 0.347 e. The summed E-state index contributed by atoms with van der Waals surface area (Å²) >= 11 is 3.34. The molecule has 0 radical (unpaired) electrons. The summed E-state index contributed by atoms with van der Waals surface area (Å²) in [5, 5.41) is 5.70. The van der Waals surface area contributed by atoms with Gasteiger partial charge < -0.3 is 10.6 Å². The van der Waals surface area contributed by atoms with E-state index >= 15 is 0 Å². The Morgan fingerprint density at radius 2 is 1.52 bits per heavy atom. The number of hydrogen-bond acceptors (Lipinski definition) is 2. The lowest BCUT2D eigenvalue weighted by atomic mass is 10.1. The fourth-order valence-electron chi connectivity index (χ4n) is 1.98. The molecule has 0 aliphatic heterocycles. The minimum atomic E-state index is -0.313. The lowest BCUT2D eigenvalue weighted by Crippen LogP contribution is -2.40. The van der Waals surface area contributed by atoms with Crippen LogP contribution in [0.3, 0.4) is 0 Å². The Bertz CT molecular complexity index is 736. The Kier molecular flexibility index (Phi) is 5.21. The number of nitrogens with one attached hydrogen (secondary N) is 2. The van der Waals surface area contributed by atoms with Crippen molar-refractivity contribution in [2.45, 2.75) is 26.3 Å². The van der Waals surface area contributed by atoms with Crippen molar-refractivity contribution in [2.24, 2.45) is 0 Å². The SMILES string of the molecule is CC(C)(C)NC(=O)c1cccc(NC(=O)c2cccc(Br)c2)c1. The van der Waals surface area contributed by atoms with E-state index < -0.39 is 0 Å². The van der Waals surface area contributed by atoms with Crippen LogP contribution in [0.1, 0.15) is 41.5 Å². The molecular formula is C18H19BrN2O2. The average Bonchev–Trinajstić information content (AvgIpc) is 2.45. The van der Waals surface area contributed by atoms with Crippen LogP contribution in [0, 0.1) is 0 Å². The van der Waals surface area contributed by atoms with E-state index in [2.05, 4.69) is 26.6 Å². The van der Waals surface area contributed by atoms with Crippen LogP contribution in [-0.4, -0.2) is 17.4 Å². The molecule has 0 aliphatic rings. The van der Waals surface area contributed by atoms with Crippen molar-refractivity contribution in [3.8, 4) is 0 Å². The van der Waals surface area contributed by atoms with Crippen LogP contribution in [0.25, 0.3) is 0 Å². The molecule has 0 saturated carbocycles. The lowest BCUT2D eigenvalue weighted by molar-refractivity contribution is 0.0918. The van der Waals surface area contributed by atoms with Gasteiger partial charge in [0.25, 0.3) is 11.8 Å². The molecule has 2 rings (SSSR count). The minimum absolute atomic E-state index is 0.170. The molecule has 0 bridgehead atoms. The molecule has 2 N–H and O–H groups in total. The van der Waals surface area contributed by atoms with E-state index in [1.54, 1.807) is 42.5 Å². The second-order valence-electron chi connectivity index (χ2n) is 6.25. The first-order valence-corrected chi connectivity index (χ1v) is 8.03. The van der Waals surface area contributed by atoms with Crippen LogP contribution in [-0.2, 0) is 0 Å². The Labute approximate surface area is 144 Å².